The Hall–Kier alpha value is -1.79. The minimum atomic E-state index is -3.51. The van der Waals surface area contributed by atoms with E-state index in [1.807, 2.05) is 42.5 Å². The molecule has 1 aliphatic rings. The lowest BCUT2D eigenvalue weighted by molar-refractivity contribution is 0.385. The molecule has 0 amide bonds. The van der Waals surface area contributed by atoms with E-state index in [2.05, 4.69) is 4.90 Å². The van der Waals surface area contributed by atoms with Gasteiger partial charge in [0.2, 0.25) is 10.0 Å². The van der Waals surface area contributed by atoms with Gasteiger partial charge < -0.3 is 4.90 Å². The summed E-state index contributed by atoms with van der Waals surface area (Å²) < 4.78 is 27.6. The highest BCUT2D eigenvalue weighted by molar-refractivity contribution is 7.89. The fourth-order valence-corrected chi connectivity index (χ4v) is 5.10. The molecule has 0 saturated carbocycles. The van der Waals surface area contributed by atoms with Crippen LogP contribution < -0.4 is 4.90 Å². The van der Waals surface area contributed by atoms with Crippen LogP contribution in [0.25, 0.3) is 10.8 Å². The van der Waals surface area contributed by atoms with E-state index in [4.69, 9.17) is 23.2 Å². The second-order valence-electron chi connectivity index (χ2n) is 6.50. The first kappa shape index (κ1) is 18.6. The van der Waals surface area contributed by atoms with Crippen molar-refractivity contribution < 1.29 is 8.42 Å². The number of nitrogens with zero attached hydrogens (tertiary/aromatic N) is 2. The van der Waals surface area contributed by atoms with Crippen LogP contribution in [0.2, 0.25) is 10.0 Å². The predicted octanol–water partition coefficient (Wildman–Crippen LogP) is 4.66. The largest absolute Gasteiger partial charge is 0.369 e. The zero-order valence-corrected chi connectivity index (χ0v) is 16.8. The second kappa shape index (κ2) is 7.32. The molecule has 0 bridgehead atoms. The predicted molar refractivity (Wildman–Crippen MR) is 111 cm³/mol. The Kier molecular flexibility index (Phi) is 5.03. The number of fused-ring (bicyclic) bond motifs is 1. The third-order valence-electron chi connectivity index (χ3n) is 4.87. The molecule has 0 atom stereocenters. The average molecular weight is 421 g/mol. The van der Waals surface area contributed by atoms with E-state index in [-0.39, 0.29) is 0 Å². The van der Waals surface area contributed by atoms with E-state index < -0.39 is 10.0 Å². The standard InChI is InChI=1S/C20H18Cl2N2O2S/c21-19-8-6-17(14-20(19)22)23-9-11-24(12-10-23)27(25,26)18-7-5-15-3-1-2-4-16(15)13-18/h1-8,13-14H,9-12H2. The van der Waals surface area contributed by atoms with Gasteiger partial charge in [-0.1, -0.05) is 53.5 Å². The molecule has 27 heavy (non-hydrogen) atoms. The number of rotatable bonds is 3. The molecule has 4 nitrogen and oxygen atoms in total. The highest BCUT2D eigenvalue weighted by Crippen LogP contribution is 2.29. The van der Waals surface area contributed by atoms with Crippen molar-refractivity contribution in [1.82, 2.24) is 4.31 Å². The van der Waals surface area contributed by atoms with Crippen LogP contribution in [0.15, 0.2) is 65.6 Å². The first-order valence-corrected chi connectivity index (χ1v) is 10.8. The molecule has 0 unspecified atom stereocenters. The van der Waals surface area contributed by atoms with Crippen molar-refractivity contribution in [3.63, 3.8) is 0 Å². The third-order valence-corrected chi connectivity index (χ3v) is 7.50. The molecule has 1 saturated heterocycles. The van der Waals surface area contributed by atoms with E-state index in [0.717, 1.165) is 16.5 Å². The Labute approximate surface area is 169 Å². The molecular formula is C20H18Cl2N2O2S. The summed E-state index contributed by atoms with van der Waals surface area (Å²) in [5, 5.41) is 2.97. The molecule has 0 aliphatic carbocycles. The van der Waals surface area contributed by atoms with Crippen molar-refractivity contribution in [2.24, 2.45) is 0 Å². The smallest absolute Gasteiger partial charge is 0.243 e. The van der Waals surface area contributed by atoms with Crippen LogP contribution in [-0.2, 0) is 10.0 Å². The molecule has 1 fully saturated rings. The first-order valence-electron chi connectivity index (χ1n) is 8.64. The van der Waals surface area contributed by atoms with Gasteiger partial charge >= 0.3 is 0 Å². The van der Waals surface area contributed by atoms with Gasteiger partial charge in [-0.2, -0.15) is 4.31 Å². The maximum Gasteiger partial charge on any atom is 0.243 e. The maximum atomic E-state index is 13.0. The van der Waals surface area contributed by atoms with Crippen molar-refractivity contribution in [1.29, 1.82) is 0 Å². The summed E-state index contributed by atoms with van der Waals surface area (Å²) in [6, 6.07) is 18.5. The minimum Gasteiger partial charge on any atom is -0.369 e. The average Bonchev–Trinajstić information content (AvgIpc) is 2.70. The Morgan fingerprint density at radius 3 is 2.15 bits per heavy atom. The molecule has 0 radical (unpaired) electrons. The zero-order valence-electron chi connectivity index (χ0n) is 14.5. The van der Waals surface area contributed by atoms with Crippen LogP contribution in [0.4, 0.5) is 5.69 Å². The molecule has 7 heteroatoms. The second-order valence-corrected chi connectivity index (χ2v) is 9.25. The molecule has 0 aromatic heterocycles. The fraction of sp³-hybridized carbons (Fsp3) is 0.200. The van der Waals surface area contributed by atoms with Crippen molar-refractivity contribution in [3.05, 3.63) is 70.7 Å². The molecule has 4 rings (SSSR count). The summed E-state index contributed by atoms with van der Waals surface area (Å²) in [6.45, 7) is 2.06. The van der Waals surface area contributed by atoms with Crippen molar-refractivity contribution in [2.75, 3.05) is 31.1 Å². The lowest BCUT2D eigenvalue weighted by atomic mass is 10.1. The van der Waals surface area contributed by atoms with Crippen LogP contribution in [0.5, 0.6) is 0 Å². The fourth-order valence-electron chi connectivity index (χ4n) is 3.35. The van der Waals surface area contributed by atoms with Crippen LogP contribution in [0.3, 0.4) is 0 Å². The maximum absolute atomic E-state index is 13.0. The van der Waals surface area contributed by atoms with Gasteiger partial charge in [-0.15, -0.1) is 0 Å². The topological polar surface area (TPSA) is 40.6 Å². The van der Waals surface area contributed by atoms with Gasteiger partial charge in [0.1, 0.15) is 0 Å². The lowest BCUT2D eigenvalue weighted by Crippen LogP contribution is -2.48. The van der Waals surface area contributed by atoms with Crippen LogP contribution in [-0.4, -0.2) is 38.9 Å². The Morgan fingerprint density at radius 1 is 0.741 bits per heavy atom. The Bertz CT molecular complexity index is 1090. The number of benzene rings is 3. The first-order chi connectivity index (χ1) is 12.9. The molecule has 1 heterocycles. The van der Waals surface area contributed by atoms with Gasteiger partial charge in [-0.3, -0.25) is 0 Å². The summed E-state index contributed by atoms with van der Waals surface area (Å²) in [5.41, 5.74) is 0.951. The summed E-state index contributed by atoms with van der Waals surface area (Å²) in [5.74, 6) is 0. The van der Waals surface area contributed by atoms with Crippen LogP contribution in [0, 0.1) is 0 Å². The summed E-state index contributed by atoms with van der Waals surface area (Å²) in [7, 11) is -3.51. The van der Waals surface area contributed by atoms with Crippen molar-refractivity contribution in [2.45, 2.75) is 4.90 Å². The van der Waals surface area contributed by atoms with Gasteiger partial charge in [0.25, 0.3) is 0 Å². The molecular weight excluding hydrogens is 403 g/mol. The normalized spacial score (nSPS) is 16.0. The highest BCUT2D eigenvalue weighted by atomic mass is 35.5. The van der Waals surface area contributed by atoms with E-state index in [1.54, 1.807) is 22.5 Å². The number of piperazine rings is 1. The van der Waals surface area contributed by atoms with Gasteiger partial charge in [0.15, 0.2) is 0 Å². The number of hydrogen-bond donors (Lipinski definition) is 0. The van der Waals surface area contributed by atoms with Gasteiger partial charge in [-0.05, 0) is 41.1 Å². The van der Waals surface area contributed by atoms with Crippen molar-refractivity contribution >= 4 is 49.7 Å². The van der Waals surface area contributed by atoms with Gasteiger partial charge in [-0.25, -0.2) is 8.42 Å². The van der Waals surface area contributed by atoms with Crippen LogP contribution in [0.1, 0.15) is 0 Å². The van der Waals surface area contributed by atoms with Crippen molar-refractivity contribution in [3.8, 4) is 0 Å². The summed E-state index contributed by atoms with van der Waals surface area (Å²) in [6.07, 6.45) is 0. The van der Waals surface area contributed by atoms with E-state index >= 15 is 0 Å². The van der Waals surface area contributed by atoms with Gasteiger partial charge in [0.05, 0.1) is 14.9 Å². The quantitative estimate of drug-likeness (QED) is 0.618. The van der Waals surface area contributed by atoms with E-state index in [1.165, 1.54) is 0 Å². The molecule has 0 spiro atoms. The van der Waals surface area contributed by atoms with E-state index in [9.17, 15) is 8.42 Å². The number of halogens is 2. The van der Waals surface area contributed by atoms with Crippen LogP contribution >= 0.6 is 23.2 Å². The molecule has 3 aromatic rings. The molecule has 3 aromatic carbocycles. The number of sulfonamides is 1. The highest BCUT2D eigenvalue weighted by Gasteiger charge is 2.28. The minimum absolute atomic E-state index is 0.337. The van der Waals surface area contributed by atoms with Gasteiger partial charge in [0, 0.05) is 31.9 Å². The molecule has 140 valence electrons. The monoisotopic (exact) mass is 420 g/mol. The lowest BCUT2D eigenvalue weighted by Gasteiger charge is -2.35. The number of hydrogen-bond acceptors (Lipinski definition) is 3. The summed E-state index contributed by atoms with van der Waals surface area (Å²) >= 11 is 12.1. The molecule has 1 aliphatic heterocycles. The molecule has 0 N–H and O–H groups in total. The zero-order chi connectivity index (χ0) is 19.0. The third kappa shape index (κ3) is 3.65. The SMILES string of the molecule is O=S(=O)(c1ccc2ccccc2c1)N1CCN(c2ccc(Cl)c(Cl)c2)CC1. The number of anilines is 1. The Balaban J connectivity index is 1.53. The summed E-state index contributed by atoms with van der Waals surface area (Å²) in [4.78, 5) is 2.46. The Morgan fingerprint density at radius 2 is 1.44 bits per heavy atom. The van der Waals surface area contributed by atoms with E-state index in [0.29, 0.717) is 41.1 Å².